The fourth-order valence-electron chi connectivity index (χ4n) is 2.27. The average molecular weight is 296 g/mol. The molecular formula is C12H11Cl2N5. The molecule has 0 spiro atoms. The van der Waals surface area contributed by atoms with Gasteiger partial charge in [-0.25, -0.2) is 0 Å². The Morgan fingerprint density at radius 2 is 2.05 bits per heavy atom. The molecule has 5 nitrogen and oxygen atoms in total. The maximum Gasteiger partial charge on any atom is 0.215 e. The molecule has 2 heterocycles. The molecule has 0 bridgehead atoms. The van der Waals surface area contributed by atoms with Gasteiger partial charge in [0.1, 0.15) is 11.5 Å². The van der Waals surface area contributed by atoms with E-state index in [1.165, 1.54) is 4.68 Å². The number of nitrogens with one attached hydrogen (secondary N) is 2. The van der Waals surface area contributed by atoms with Gasteiger partial charge in [-0.05, 0) is 18.6 Å². The summed E-state index contributed by atoms with van der Waals surface area (Å²) in [4.78, 5) is 0. The monoisotopic (exact) mass is 295 g/mol. The second-order valence-corrected chi connectivity index (χ2v) is 5.06. The van der Waals surface area contributed by atoms with Crippen LogP contribution in [-0.2, 0) is 6.42 Å². The van der Waals surface area contributed by atoms with Gasteiger partial charge in [-0.3, -0.25) is 5.41 Å². The summed E-state index contributed by atoms with van der Waals surface area (Å²) >= 11 is 12.4. The molecule has 0 aliphatic carbocycles. The second-order valence-electron chi connectivity index (χ2n) is 4.25. The van der Waals surface area contributed by atoms with Gasteiger partial charge in [0.05, 0.1) is 10.0 Å². The van der Waals surface area contributed by atoms with Crippen molar-refractivity contribution in [1.29, 1.82) is 5.41 Å². The fourth-order valence-corrected chi connectivity index (χ4v) is 2.85. The molecule has 1 aromatic carbocycles. The third-order valence-electron chi connectivity index (χ3n) is 3.08. The molecular weight excluding hydrogens is 285 g/mol. The van der Waals surface area contributed by atoms with Crippen molar-refractivity contribution in [2.24, 2.45) is 5.73 Å². The van der Waals surface area contributed by atoms with Gasteiger partial charge in [0.2, 0.25) is 5.96 Å². The molecule has 98 valence electrons. The Kier molecular flexibility index (Phi) is 2.88. The molecule has 0 amide bonds. The number of nitrogen functional groups attached to an aromatic ring is 1. The van der Waals surface area contributed by atoms with Crippen molar-refractivity contribution in [2.45, 2.75) is 6.42 Å². The van der Waals surface area contributed by atoms with Gasteiger partial charge < -0.3 is 11.1 Å². The predicted molar refractivity (Wildman–Crippen MR) is 77.2 cm³/mol. The number of hydrogen-bond acceptors (Lipinski definition) is 3. The number of aromatic nitrogens is 2. The molecule has 7 heteroatoms. The molecule has 0 fully saturated rings. The first-order chi connectivity index (χ1) is 9.09. The number of nitrogens with two attached hydrogens (primary N) is 1. The Balaban J connectivity index is 2.27. The first-order valence-corrected chi connectivity index (χ1v) is 6.49. The smallest absolute Gasteiger partial charge is 0.215 e. The van der Waals surface area contributed by atoms with Crippen molar-refractivity contribution in [3.63, 3.8) is 0 Å². The van der Waals surface area contributed by atoms with E-state index in [1.807, 2.05) is 0 Å². The first kappa shape index (κ1) is 12.3. The highest BCUT2D eigenvalue weighted by atomic mass is 35.5. The van der Waals surface area contributed by atoms with Crippen LogP contribution in [0, 0.1) is 5.41 Å². The Morgan fingerprint density at radius 1 is 1.37 bits per heavy atom. The third kappa shape index (κ3) is 1.86. The molecule has 0 unspecified atom stereocenters. The van der Waals surface area contributed by atoms with Crippen LogP contribution < -0.4 is 11.1 Å². The molecule has 19 heavy (non-hydrogen) atoms. The van der Waals surface area contributed by atoms with Gasteiger partial charge in [-0.15, -0.1) is 0 Å². The van der Waals surface area contributed by atoms with Crippen LogP contribution in [0.5, 0.6) is 0 Å². The van der Waals surface area contributed by atoms with Crippen molar-refractivity contribution in [1.82, 2.24) is 9.78 Å². The lowest BCUT2D eigenvalue weighted by Crippen LogP contribution is -2.23. The van der Waals surface area contributed by atoms with E-state index in [2.05, 4.69) is 10.4 Å². The van der Waals surface area contributed by atoms with Gasteiger partial charge in [-0.1, -0.05) is 29.3 Å². The summed E-state index contributed by atoms with van der Waals surface area (Å²) in [6.07, 6.45) is 0.805. The van der Waals surface area contributed by atoms with Crippen LogP contribution in [0.3, 0.4) is 0 Å². The van der Waals surface area contributed by atoms with Gasteiger partial charge >= 0.3 is 0 Å². The van der Waals surface area contributed by atoms with Crippen LogP contribution >= 0.6 is 23.2 Å². The molecule has 0 atom stereocenters. The van der Waals surface area contributed by atoms with Crippen molar-refractivity contribution in [2.75, 3.05) is 11.9 Å². The molecule has 0 saturated heterocycles. The zero-order valence-electron chi connectivity index (χ0n) is 9.87. The summed E-state index contributed by atoms with van der Waals surface area (Å²) in [6.45, 7) is 0.787. The zero-order chi connectivity index (χ0) is 13.6. The lowest BCUT2D eigenvalue weighted by molar-refractivity contribution is 0.910. The van der Waals surface area contributed by atoms with E-state index in [1.54, 1.807) is 18.2 Å². The van der Waals surface area contributed by atoms with Gasteiger partial charge in [0, 0.05) is 17.7 Å². The highest BCUT2D eigenvalue weighted by molar-refractivity contribution is 6.39. The lowest BCUT2D eigenvalue weighted by Gasteiger charge is -2.05. The summed E-state index contributed by atoms with van der Waals surface area (Å²) in [5.41, 5.74) is 7.89. The fraction of sp³-hybridized carbons (Fsp3) is 0.167. The maximum atomic E-state index is 7.56. The minimum Gasteiger partial charge on any atom is -0.369 e. The van der Waals surface area contributed by atoms with E-state index >= 15 is 0 Å². The Bertz CT molecular complexity index is 657. The number of hydrogen-bond donors (Lipinski definition) is 3. The molecule has 3 rings (SSSR count). The topological polar surface area (TPSA) is 79.7 Å². The van der Waals surface area contributed by atoms with Crippen LogP contribution in [-0.4, -0.2) is 22.3 Å². The number of halogens is 2. The number of benzene rings is 1. The summed E-state index contributed by atoms with van der Waals surface area (Å²) < 4.78 is 1.37. The lowest BCUT2D eigenvalue weighted by atomic mass is 10.1. The third-order valence-corrected chi connectivity index (χ3v) is 3.71. The van der Waals surface area contributed by atoms with Crippen LogP contribution in [0.25, 0.3) is 11.3 Å². The highest BCUT2D eigenvalue weighted by Gasteiger charge is 2.26. The predicted octanol–water partition coefficient (Wildman–Crippen LogP) is 2.57. The zero-order valence-corrected chi connectivity index (χ0v) is 11.4. The summed E-state index contributed by atoms with van der Waals surface area (Å²) in [5, 5.41) is 16.2. The molecule has 4 N–H and O–H groups in total. The summed E-state index contributed by atoms with van der Waals surface area (Å²) in [5.74, 6) is 0.610. The van der Waals surface area contributed by atoms with Gasteiger partial charge in [-0.2, -0.15) is 9.78 Å². The van der Waals surface area contributed by atoms with Crippen molar-refractivity contribution in [3.8, 4) is 11.3 Å². The van der Waals surface area contributed by atoms with Crippen molar-refractivity contribution >= 4 is 35.0 Å². The molecule has 0 radical (unpaired) electrons. The standard InChI is InChI=1S/C12H11Cl2N5/c13-7-2-1-3-8(14)9(7)10-6-4-5-17-11(6)19(18-10)12(15)16/h1-3,17H,4-5H2,(H3,15,16). The number of anilines is 1. The number of nitrogens with zero attached hydrogens (tertiary/aromatic N) is 2. The Morgan fingerprint density at radius 3 is 2.68 bits per heavy atom. The van der Waals surface area contributed by atoms with E-state index in [-0.39, 0.29) is 5.96 Å². The summed E-state index contributed by atoms with van der Waals surface area (Å²) in [6, 6.07) is 5.32. The molecule has 1 aliphatic heterocycles. The van der Waals surface area contributed by atoms with Crippen LogP contribution in [0.15, 0.2) is 18.2 Å². The first-order valence-electron chi connectivity index (χ1n) is 5.74. The van der Waals surface area contributed by atoms with E-state index in [9.17, 15) is 0 Å². The van der Waals surface area contributed by atoms with E-state index in [0.29, 0.717) is 21.3 Å². The van der Waals surface area contributed by atoms with E-state index in [0.717, 1.165) is 24.3 Å². The minimum atomic E-state index is -0.139. The largest absolute Gasteiger partial charge is 0.369 e. The van der Waals surface area contributed by atoms with E-state index < -0.39 is 0 Å². The van der Waals surface area contributed by atoms with Crippen molar-refractivity contribution in [3.05, 3.63) is 33.8 Å². The number of fused-ring (bicyclic) bond motifs is 1. The Hall–Kier alpha value is -1.72. The molecule has 1 aromatic heterocycles. The number of rotatable bonds is 1. The maximum absolute atomic E-state index is 7.56. The van der Waals surface area contributed by atoms with Crippen molar-refractivity contribution < 1.29 is 0 Å². The molecule has 2 aromatic rings. The molecule has 1 aliphatic rings. The minimum absolute atomic E-state index is 0.139. The van der Waals surface area contributed by atoms with Crippen LogP contribution in [0.1, 0.15) is 5.56 Å². The van der Waals surface area contributed by atoms with E-state index in [4.69, 9.17) is 34.3 Å². The van der Waals surface area contributed by atoms with Crippen LogP contribution in [0.2, 0.25) is 10.0 Å². The molecule has 0 saturated carbocycles. The second kappa shape index (κ2) is 4.43. The summed E-state index contributed by atoms with van der Waals surface area (Å²) in [7, 11) is 0. The Labute approximate surface area is 119 Å². The SMILES string of the molecule is N=C(N)n1nc(-c2c(Cl)cccc2Cl)c2c1NCC2. The van der Waals surface area contributed by atoms with Crippen LogP contribution in [0.4, 0.5) is 5.82 Å². The van der Waals surface area contributed by atoms with Gasteiger partial charge in [0.15, 0.2) is 0 Å². The highest BCUT2D eigenvalue weighted by Crippen LogP contribution is 2.39. The quantitative estimate of drug-likeness (QED) is 0.559. The average Bonchev–Trinajstić information content (AvgIpc) is 2.91. The van der Waals surface area contributed by atoms with Gasteiger partial charge in [0.25, 0.3) is 0 Å². The normalized spacial score (nSPS) is 13.2.